The van der Waals surface area contributed by atoms with E-state index in [-0.39, 0.29) is 17.2 Å². The minimum atomic E-state index is -3.61. The quantitative estimate of drug-likeness (QED) is 0.432. The summed E-state index contributed by atoms with van der Waals surface area (Å²) < 4.78 is 36.4. The molecule has 1 aliphatic heterocycles. The van der Waals surface area contributed by atoms with Gasteiger partial charge in [-0.25, -0.2) is 23.1 Å². The lowest BCUT2D eigenvalue weighted by Crippen LogP contribution is -2.40. The largest absolute Gasteiger partial charge is 0.379 e. The summed E-state index contributed by atoms with van der Waals surface area (Å²) in [6.07, 6.45) is 2.24. The Morgan fingerprint density at radius 2 is 1.88 bits per heavy atom. The molecule has 3 heterocycles. The molecule has 0 bridgehead atoms. The Morgan fingerprint density at radius 3 is 2.68 bits per heavy atom. The van der Waals surface area contributed by atoms with Crippen molar-refractivity contribution in [3.8, 4) is 0 Å². The molecule has 34 heavy (non-hydrogen) atoms. The van der Waals surface area contributed by atoms with Crippen LogP contribution in [-0.4, -0.2) is 64.1 Å². The van der Waals surface area contributed by atoms with Gasteiger partial charge in [-0.2, -0.15) is 4.31 Å². The zero-order valence-corrected chi connectivity index (χ0v) is 19.7. The van der Waals surface area contributed by atoms with E-state index >= 15 is 0 Å². The summed E-state index contributed by atoms with van der Waals surface area (Å²) in [5.74, 6) is 0.581. The minimum Gasteiger partial charge on any atom is -0.379 e. The van der Waals surface area contributed by atoms with Crippen molar-refractivity contribution in [3.63, 3.8) is 0 Å². The van der Waals surface area contributed by atoms with Gasteiger partial charge in [0.15, 0.2) is 0 Å². The Morgan fingerprint density at radius 1 is 1.09 bits per heavy atom. The second-order valence-electron chi connectivity index (χ2n) is 8.08. The minimum absolute atomic E-state index is 0.159. The highest BCUT2D eigenvalue weighted by molar-refractivity contribution is 7.89. The first-order valence-electron chi connectivity index (χ1n) is 11.3. The molecule has 1 N–H and O–H groups in total. The Bertz CT molecular complexity index is 1450. The average molecular weight is 483 g/mol. The van der Waals surface area contributed by atoms with Crippen LogP contribution in [0.1, 0.15) is 19.2 Å². The number of morpholine rings is 1. The number of para-hydroxylation sites is 2. The molecular formula is C23H26N6O4S. The molecule has 1 fully saturated rings. The van der Waals surface area contributed by atoms with Crippen molar-refractivity contribution in [1.29, 1.82) is 0 Å². The van der Waals surface area contributed by atoms with Gasteiger partial charge in [0.05, 0.1) is 40.2 Å². The van der Waals surface area contributed by atoms with Gasteiger partial charge >= 0.3 is 0 Å². The molecule has 4 aromatic rings. The van der Waals surface area contributed by atoms with Crippen molar-refractivity contribution in [3.05, 3.63) is 54.6 Å². The monoisotopic (exact) mass is 482 g/mol. The summed E-state index contributed by atoms with van der Waals surface area (Å²) >= 11 is 0. The van der Waals surface area contributed by atoms with Crippen molar-refractivity contribution < 1.29 is 17.9 Å². The highest BCUT2D eigenvalue weighted by atomic mass is 32.2. The number of carbonyl (C=O) groups is 1. The fourth-order valence-corrected chi connectivity index (χ4v) is 5.69. The Labute approximate surface area is 197 Å². The molecule has 2 aromatic carbocycles. The van der Waals surface area contributed by atoms with Crippen LogP contribution in [0.25, 0.3) is 22.1 Å². The first kappa shape index (κ1) is 22.5. The third-order valence-electron chi connectivity index (χ3n) is 6.00. The van der Waals surface area contributed by atoms with Crippen molar-refractivity contribution >= 4 is 38.0 Å². The van der Waals surface area contributed by atoms with Gasteiger partial charge in [-0.3, -0.25) is 10.2 Å². The van der Waals surface area contributed by atoms with Gasteiger partial charge in [0.2, 0.25) is 15.9 Å². The predicted octanol–water partition coefficient (Wildman–Crippen LogP) is 2.13. The Kier molecular flexibility index (Phi) is 6.07. The summed E-state index contributed by atoms with van der Waals surface area (Å²) in [4.78, 5) is 21.8. The molecule has 178 valence electrons. The molecule has 1 saturated heterocycles. The van der Waals surface area contributed by atoms with Crippen LogP contribution in [0.4, 0.5) is 0 Å². The summed E-state index contributed by atoms with van der Waals surface area (Å²) in [5.41, 5.74) is 5.93. The van der Waals surface area contributed by atoms with Gasteiger partial charge < -0.3 is 9.30 Å². The summed E-state index contributed by atoms with van der Waals surface area (Å²) in [7, 11) is -3.61. The second-order valence-corrected chi connectivity index (χ2v) is 10.0. The van der Waals surface area contributed by atoms with E-state index in [1.54, 1.807) is 29.2 Å². The highest BCUT2D eigenvalue weighted by Gasteiger charge is 2.27. The summed E-state index contributed by atoms with van der Waals surface area (Å²) in [6.45, 7) is 4.14. The maximum atomic E-state index is 13.0. The molecule has 0 unspecified atom stereocenters. The van der Waals surface area contributed by atoms with Crippen LogP contribution < -0.4 is 5.43 Å². The zero-order valence-electron chi connectivity index (χ0n) is 18.8. The highest BCUT2D eigenvalue weighted by Crippen LogP contribution is 2.24. The first-order chi connectivity index (χ1) is 16.5. The van der Waals surface area contributed by atoms with Gasteiger partial charge in [-0.15, -0.1) is 0 Å². The number of fused-ring (bicyclic) bond motifs is 2. The lowest BCUT2D eigenvalue weighted by Gasteiger charge is -2.26. The number of benzene rings is 2. The SMILES string of the molecule is CCn1c(CCC(=O)Nn2cnc3ccccc32)nc2cc(S(=O)(=O)N3CCOCC3)ccc21. The number of rotatable bonds is 7. The van der Waals surface area contributed by atoms with Crippen LogP contribution in [0.15, 0.2) is 53.7 Å². The van der Waals surface area contributed by atoms with Gasteiger partial charge in [-0.1, -0.05) is 12.1 Å². The molecule has 0 saturated carbocycles. The number of nitrogens with one attached hydrogen (secondary N) is 1. The van der Waals surface area contributed by atoms with Gasteiger partial charge in [0, 0.05) is 32.5 Å². The number of hydrogen-bond acceptors (Lipinski definition) is 6. The lowest BCUT2D eigenvalue weighted by atomic mass is 10.3. The van der Waals surface area contributed by atoms with Crippen LogP contribution in [0, 0.1) is 0 Å². The Hall–Kier alpha value is -3.28. The number of sulfonamides is 1. The second kappa shape index (κ2) is 9.16. The smallest absolute Gasteiger partial charge is 0.243 e. The zero-order chi connectivity index (χ0) is 23.7. The topological polar surface area (TPSA) is 111 Å². The number of hydrogen-bond donors (Lipinski definition) is 1. The number of aryl methyl sites for hydroxylation is 2. The molecule has 1 aliphatic rings. The normalized spacial score (nSPS) is 15.2. The third-order valence-corrected chi connectivity index (χ3v) is 7.89. The van der Waals surface area contributed by atoms with E-state index in [1.807, 2.05) is 35.8 Å². The Balaban J connectivity index is 1.34. The molecule has 0 spiro atoms. The summed E-state index contributed by atoms with van der Waals surface area (Å²) in [5, 5.41) is 0. The lowest BCUT2D eigenvalue weighted by molar-refractivity contribution is -0.117. The number of amides is 1. The predicted molar refractivity (Wildman–Crippen MR) is 127 cm³/mol. The van der Waals surface area contributed by atoms with Gasteiger partial charge in [0.25, 0.3) is 0 Å². The van der Waals surface area contributed by atoms with Crippen LogP contribution in [0.2, 0.25) is 0 Å². The van der Waals surface area contributed by atoms with E-state index in [0.717, 1.165) is 22.4 Å². The van der Waals surface area contributed by atoms with Crippen molar-refractivity contribution in [2.75, 3.05) is 31.7 Å². The van der Waals surface area contributed by atoms with E-state index < -0.39 is 10.0 Å². The average Bonchev–Trinajstić information content (AvgIpc) is 3.43. The molecule has 2 aromatic heterocycles. The van der Waals surface area contributed by atoms with Crippen molar-refractivity contribution in [2.24, 2.45) is 0 Å². The van der Waals surface area contributed by atoms with E-state index in [1.165, 1.54) is 4.31 Å². The fraction of sp³-hybridized carbons (Fsp3) is 0.348. The first-order valence-corrected chi connectivity index (χ1v) is 12.7. The molecule has 1 amide bonds. The maximum Gasteiger partial charge on any atom is 0.243 e. The fourth-order valence-electron chi connectivity index (χ4n) is 4.26. The molecule has 0 aliphatic carbocycles. The molecule has 0 atom stereocenters. The van der Waals surface area contributed by atoms with Crippen LogP contribution in [0.5, 0.6) is 0 Å². The van der Waals surface area contributed by atoms with Crippen molar-refractivity contribution in [2.45, 2.75) is 31.2 Å². The molecular weight excluding hydrogens is 456 g/mol. The summed E-state index contributed by atoms with van der Waals surface area (Å²) in [6, 6.07) is 12.6. The van der Waals surface area contributed by atoms with Crippen LogP contribution in [-0.2, 0) is 32.5 Å². The van der Waals surface area contributed by atoms with Crippen LogP contribution >= 0.6 is 0 Å². The number of aromatic nitrogens is 4. The van der Waals surface area contributed by atoms with Gasteiger partial charge in [0.1, 0.15) is 12.2 Å². The maximum absolute atomic E-state index is 13.0. The number of nitrogens with zero attached hydrogens (tertiary/aromatic N) is 5. The molecule has 5 rings (SSSR count). The van der Waals surface area contributed by atoms with E-state index in [4.69, 9.17) is 4.74 Å². The third kappa shape index (κ3) is 4.17. The van der Waals surface area contributed by atoms with Crippen LogP contribution in [0.3, 0.4) is 0 Å². The number of carbonyl (C=O) groups excluding carboxylic acids is 1. The number of imidazole rings is 2. The van der Waals surface area contributed by atoms with E-state index in [2.05, 4.69) is 15.4 Å². The standard InChI is InChI=1S/C23H26N6O4S/c1-2-28-20-8-7-17(34(31,32)27-11-13-33-14-12-27)15-19(20)25-22(28)9-10-23(30)26-29-16-24-18-5-3-4-6-21(18)29/h3-8,15-16H,2,9-14H2,1H3,(H,26,30). The van der Waals surface area contributed by atoms with Crippen molar-refractivity contribution in [1.82, 2.24) is 23.5 Å². The molecule has 0 radical (unpaired) electrons. The van der Waals surface area contributed by atoms with Gasteiger partial charge in [-0.05, 0) is 37.3 Å². The number of ether oxygens (including phenoxy) is 1. The molecule has 10 nitrogen and oxygen atoms in total. The van der Waals surface area contributed by atoms with E-state index in [9.17, 15) is 13.2 Å². The van der Waals surface area contributed by atoms with E-state index in [0.29, 0.717) is 44.8 Å². The molecule has 11 heteroatoms.